The van der Waals surface area contributed by atoms with Gasteiger partial charge in [-0.25, -0.2) is 25.3 Å². The van der Waals surface area contributed by atoms with E-state index in [0.29, 0.717) is 0 Å². The van der Waals surface area contributed by atoms with Crippen LogP contribution in [0.5, 0.6) is 0 Å². The molecule has 0 aromatic heterocycles. The molecule has 4 amide bonds. The quantitative estimate of drug-likeness (QED) is 0.403. The predicted octanol–water partition coefficient (Wildman–Crippen LogP) is -0.781. The Kier molecular flexibility index (Phi) is 2.92. The summed E-state index contributed by atoms with van der Waals surface area (Å²) >= 11 is 0. The minimum Gasteiger partial charge on any atom is -0.303 e. The van der Waals surface area contributed by atoms with Crippen LogP contribution in [0.3, 0.4) is 0 Å². The molecular weight excluding hydrogens is 186 g/mol. The number of hydrazine groups is 1. The number of urea groups is 2. The predicted molar refractivity (Wildman–Crippen MR) is 49.8 cm³/mol. The Morgan fingerprint density at radius 1 is 1.50 bits per heavy atom. The molecular formula is C7H15N5O2. The molecule has 14 heavy (non-hydrogen) atoms. The number of imide groups is 1. The van der Waals surface area contributed by atoms with Gasteiger partial charge in [-0.05, 0) is 20.9 Å². The van der Waals surface area contributed by atoms with Gasteiger partial charge in [-0.15, -0.1) is 0 Å². The zero-order chi connectivity index (χ0) is 10.9. The first-order chi connectivity index (χ1) is 6.49. The van der Waals surface area contributed by atoms with Crippen LogP contribution in [0.25, 0.3) is 0 Å². The van der Waals surface area contributed by atoms with Crippen LogP contribution in [0, 0.1) is 0 Å². The van der Waals surface area contributed by atoms with Gasteiger partial charge in [-0.3, -0.25) is 5.32 Å². The van der Waals surface area contributed by atoms with Crippen molar-refractivity contribution in [1.29, 1.82) is 0 Å². The van der Waals surface area contributed by atoms with Crippen LogP contribution in [0.4, 0.5) is 9.59 Å². The standard InChI is InChI=1S/C7H15N5O2/c1-4(2)11-6(13)10-5(9-3)12(8)7(11)14/h4-5,9H,8H2,1-3H3,(H,10,13). The number of nitrogens with one attached hydrogen (secondary N) is 2. The largest absolute Gasteiger partial charge is 0.345 e. The van der Waals surface area contributed by atoms with Gasteiger partial charge in [0.15, 0.2) is 6.29 Å². The molecule has 0 aromatic rings. The molecule has 1 atom stereocenters. The molecule has 0 aliphatic carbocycles. The monoisotopic (exact) mass is 201 g/mol. The van der Waals surface area contributed by atoms with E-state index in [2.05, 4.69) is 10.6 Å². The lowest BCUT2D eigenvalue weighted by Gasteiger charge is -2.39. The minimum atomic E-state index is -0.648. The number of carbonyl (C=O) groups is 2. The highest BCUT2D eigenvalue weighted by Crippen LogP contribution is 2.08. The first-order valence-electron chi connectivity index (χ1n) is 4.34. The number of carbonyl (C=O) groups excluding carboxylic acids is 2. The van der Waals surface area contributed by atoms with E-state index in [-0.39, 0.29) is 6.04 Å². The van der Waals surface area contributed by atoms with Crippen molar-refractivity contribution in [3.8, 4) is 0 Å². The third kappa shape index (κ3) is 1.64. The Morgan fingerprint density at radius 2 is 2.07 bits per heavy atom. The molecule has 1 aliphatic heterocycles. The third-order valence-corrected chi connectivity index (χ3v) is 1.97. The lowest BCUT2D eigenvalue weighted by Crippen LogP contribution is -2.71. The average Bonchev–Trinajstić information content (AvgIpc) is 2.10. The van der Waals surface area contributed by atoms with E-state index in [9.17, 15) is 9.59 Å². The van der Waals surface area contributed by atoms with Gasteiger partial charge in [0.05, 0.1) is 0 Å². The minimum absolute atomic E-state index is 0.216. The van der Waals surface area contributed by atoms with E-state index < -0.39 is 18.4 Å². The van der Waals surface area contributed by atoms with E-state index >= 15 is 0 Å². The van der Waals surface area contributed by atoms with Crippen LogP contribution in [-0.2, 0) is 0 Å². The Bertz CT molecular complexity index is 254. The SMILES string of the molecule is CNC1NC(=O)N(C(C)C)C(=O)N1N. The number of amides is 4. The summed E-state index contributed by atoms with van der Waals surface area (Å²) in [6, 6.07) is -1.17. The van der Waals surface area contributed by atoms with Crippen LogP contribution in [0.2, 0.25) is 0 Å². The average molecular weight is 201 g/mol. The maximum atomic E-state index is 11.6. The number of hydrogen-bond acceptors (Lipinski definition) is 4. The summed E-state index contributed by atoms with van der Waals surface area (Å²) in [4.78, 5) is 24.1. The van der Waals surface area contributed by atoms with Crippen molar-refractivity contribution >= 4 is 12.1 Å². The van der Waals surface area contributed by atoms with Gasteiger partial charge in [0.1, 0.15) is 0 Å². The molecule has 7 nitrogen and oxygen atoms in total. The first kappa shape index (κ1) is 10.7. The Labute approximate surface area is 82.2 Å². The van der Waals surface area contributed by atoms with Crippen molar-refractivity contribution in [2.75, 3.05) is 7.05 Å². The molecule has 0 bridgehead atoms. The molecule has 0 saturated carbocycles. The normalized spacial score (nSPS) is 23.1. The lowest BCUT2D eigenvalue weighted by molar-refractivity contribution is 0.0847. The van der Waals surface area contributed by atoms with Crippen LogP contribution >= 0.6 is 0 Å². The fraction of sp³-hybridized carbons (Fsp3) is 0.714. The van der Waals surface area contributed by atoms with Gasteiger partial charge in [-0.1, -0.05) is 0 Å². The van der Waals surface area contributed by atoms with Gasteiger partial charge in [0.25, 0.3) is 0 Å². The van der Waals surface area contributed by atoms with Crippen molar-refractivity contribution in [3.05, 3.63) is 0 Å². The topological polar surface area (TPSA) is 90.7 Å². The van der Waals surface area contributed by atoms with Crippen molar-refractivity contribution in [2.45, 2.75) is 26.2 Å². The van der Waals surface area contributed by atoms with Crippen LogP contribution in [-0.4, -0.2) is 41.4 Å². The maximum Gasteiger partial charge on any atom is 0.345 e. The summed E-state index contributed by atoms with van der Waals surface area (Å²) in [5.41, 5.74) is 0. The molecule has 1 heterocycles. The van der Waals surface area contributed by atoms with E-state index in [1.165, 1.54) is 0 Å². The molecule has 1 unspecified atom stereocenters. The van der Waals surface area contributed by atoms with E-state index in [1.807, 2.05) is 0 Å². The summed E-state index contributed by atoms with van der Waals surface area (Å²) in [5, 5.41) is 6.17. The summed E-state index contributed by atoms with van der Waals surface area (Å²) in [7, 11) is 1.60. The van der Waals surface area contributed by atoms with Gasteiger partial charge in [-0.2, -0.15) is 0 Å². The Balaban J connectivity index is 2.85. The molecule has 1 aliphatic rings. The smallest absolute Gasteiger partial charge is 0.303 e. The fourth-order valence-electron chi connectivity index (χ4n) is 1.24. The zero-order valence-corrected chi connectivity index (χ0v) is 8.44. The Morgan fingerprint density at radius 3 is 2.50 bits per heavy atom. The molecule has 0 radical (unpaired) electrons. The van der Waals surface area contributed by atoms with Crippen LogP contribution < -0.4 is 16.5 Å². The van der Waals surface area contributed by atoms with Crippen molar-refractivity contribution in [2.24, 2.45) is 5.84 Å². The molecule has 4 N–H and O–H groups in total. The second-order valence-electron chi connectivity index (χ2n) is 3.29. The lowest BCUT2D eigenvalue weighted by atomic mass is 10.3. The third-order valence-electron chi connectivity index (χ3n) is 1.97. The van der Waals surface area contributed by atoms with E-state index in [1.54, 1.807) is 20.9 Å². The van der Waals surface area contributed by atoms with E-state index in [0.717, 1.165) is 9.91 Å². The Hall–Kier alpha value is -1.34. The number of nitrogens with zero attached hydrogens (tertiary/aromatic N) is 2. The number of nitrogens with two attached hydrogens (primary N) is 1. The molecule has 80 valence electrons. The molecule has 1 fully saturated rings. The van der Waals surface area contributed by atoms with Crippen molar-refractivity contribution in [1.82, 2.24) is 20.5 Å². The summed E-state index contributed by atoms with van der Waals surface area (Å²) < 4.78 is 0. The highest BCUT2D eigenvalue weighted by Gasteiger charge is 2.37. The second kappa shape index (κ2) is 3.81. The summed E-state index contributed by atoms with van der Waals surface area (Å²) in [6.45, 7) is 3.48. The highest BCUT2D eigenvalue weighted by atomic mass is 16.2. The fourth-order valence-corrected chi connectivity index (χ4v) is 1.24. The van der Waals surface area contributed by atoms with Crippen molar-refractivity contribution in [3.63, 3.8) is 0 Å². The second-order valence-corrected chi connectivity index (χ2v) is 3.29. The summed E-state index contributed by atoms with van der Waals surface area (Å²) in [5.74, 6) is 5.49. The van der Waals surface area contributed by atoms with Gasteiger partial charge < -0.3 is 5.32 Å². The van der Waals surface area contributed by atoms with Gasteiger partial charge in [0.2, 0.25) is 0 Å². The highest BCUT2D eigenvalue weighted by molar-refractivity contribution is 5.96. The number of hydrogen-bond donors (Lipinski definition) is 3. The molecule has 0 aromatic carbocycles. The number of rotatable bonds is 2. The maximum absolute atomic E-state index is 11.6. The van der Waals surface area contributed by atoms with Gasteiger partial charge >= 0.3 is 12.1 Å². The summed E-state index contributed by atoms with van der Waals surface area (Å²) in [6.07, 6.45) is -0.648. The molecule has 0 spiro atoms. The van der Waals surface area contributed by atoms with Gasteiger partial charge in [0, 0.05) is 6.04 Å². The van der Waals surface area contributed by atoms with Crippen LogP contribution in [0.15, 0.2) is 0 Å². The van der Waals surface area contributed by atoms with Crippen LogP contribution in [0.1, 0.15) is 13.8 Å². The zero-order valence-electron chi connectivity index (χ0n) is 8.44. The van der Waals surface area contributed by atoms with Crippen molar-refractivity contribution < 1.29 is 9.59 Å². The molecule has 7 heteroatoms. The first-order valence-corrected chi connectivity index (χ1v) is 4.34. The molecule has 1 rings (SSSR count). The molecule has 1 saturated heterocycles. The van der Waals surface area contributed by atoms with E-state index in [4.69, 9.17) is 5.84 Å².